The standard InChI is InChI=1S/C15H21ClN3O2/c1-15(2,3)21-14(20)19-9-5-6-11(19)10-18-13-12(16)7-4-8-17-13/h4,7-8H,5-6,9-10H2,1-3H3,(H,17,18)/q+1. The molecule has 0 bridgehead atoms. The number of rotatable bonds is 3. The van der Waals surface area contributed by atoms with Crippen molar-refractivity contribution < 1.29 is 14.1 Å². The van der Waals surface area contributed by atoms with Crippen molar-refractivity contribution in [3.05, 3.63) is 23.4 Å². The molecule has 0 spiro atoms. The topological polar surface area (TPSA) is 54.2 Å². The predicted octanol–water partition coefficient (Wildman–Crippen LogP) is 3.33. The van der Waals surface area contributed by atoms with Crippen LogP contribution in [0.4, 0.5) is 10.6 Å². The summed E-state index contributed by atoms with van der Waals surface area (Å²) in [6, 6.07) is 3.56. The zero-order chi connectivity index (χ0) is 15.5. The Kier molecular flexibility index (Phi) is 4.83. The van der Waals surface area contributed by atoms with Crippen LogP contribution in [-0.2, 0) is 4.74 Å². The van der Waals surface area contributed by atoms with E-state index in [1.165, 1.54) is 0 Å². The molecular formula is C15H21ClN3O2+. The maximum Gasteiger partial charge on any atom is 0.596 e. The van der Waals surface area contributed by atoms with Gasteiger partial charge in [-0.1, -0.05) is 11.6 Å². The molecule has 21 heavy (non-hydrogen) atoms. The van der Waals surface area contributed by atoms with E-state index >= 15 is 0 Å². The summed E-state index contributed by atoms with van der Waals surface area (Å²) < 4.78 is 7.13. The van der Waals surface area contributed by atoms with Crippen molar-refractivity contribution >= 4 is 29.2 Å². The van der Waals surface area contributed by atoms with Crippen LogP contribution in [0.5, 0.6) is 0 Å². The second-order valence-corrected chi connectivity index (χ2v) is 6.40. The van der Waals surface area contributed by atoms with Crippen LogP contribution >= 0.6 is 11.6 Å². The van der Waals surface area contributed by atoms with Gasteiger partial charge in [0.1, 0.15) is 11.4 Å². The highest BCUT2D eigenvalue weighted by atomic mass is 35.5. The number of hydrogen-bond acceptors (Lipinski definition) is 4. The number of halogens is 1. The first-order chi connectivity index (χ1) is 9.87. The van der Waals surface area contributed by atoms with Gasteiger partial charge in [-0.3, -0.25) is 0 Å². The lowest BCUT2D eigenvalue weighted by Gasteiger charge is -2.16. The monoisotopic (exact) mass is 310 g/mol. The van der Waals surface area contributed by atoms with E-state index in [0.29, 0.717) is 23.9 Å². The van der Waals surface area contributed by atoms with Crippen molar-refractivity contribution in [3.63, 3.8) is 0 Å². The highest BCUT2D eigenvalue weighted by molar-refractivity contribution is 6.32. The molecule has 6 heteroatoms. The lowest BCUT2D eigenvalue weighted by atomic mass is 10.2. The van der Waals surface area contributed by atoms with Gasteiger partial charge in [0.2, 0.25) is 0 Å². The van der Waals surface area contributed by atoms with E-state index < -0.39 is 5.60 Å². The SMILES string of the molecule is CC(C)(C)OC(=O)[N+]1=C(CNc2ncccc2Cl)CCC1. The van der Waals surface area contributed by atoms with Crippen LogP contribution in [-0.4, -0.2) is 40.1 Å². The van der Waals surface area contributed by atoms with Crippen molar-refractivity contribution in [2.75, 3.05) is 18.4 Å². The minimum absolute atomic E-state index is 0.288. The highest BCUT2D eigenvalue weighted by Crippen LogP contribution is 2.18. The Morgan fingerprint density at radius 3 is 2.95 bits per heavy atom. The first kappa shape index (κ1) is 15.8. The number of nitrogens with zero attached hydrogens (tertiary/aromatic N) is 2. The molecular weight excluding hydrogens is 290 g/mol. The van der Waals surface area contributed by atoms with E-state index in [9.17, 15) is 4.79 Å². The number of ether oxygens (including phenoxy) is 1. The molecule has 1 aliphatic heterocycles. The maximum absolute atomic E-state index is 12.2. The molecule has 1 aromatic heterocycles. The van der Waals surface area contributed by atoms with E-state index in [1.807, 2.05) is 20.8 Å². The average molecular weight is 311 g/mol. The fourth-order valence-corrected chi connectivity index (χ4v) is 2.35. The zero-order valence-electron chi connectivity index (χ0n) is 12.6. The smallest absolute Gasteiger partial charge is 0.406 e. The number of pyridine rings is 1. The van der Waals surface area contributed by atoms with E-state index in [0.717, 1.165) is 18.6 Å². The lowest BCUT2D eigenvalue weighted by Crippen LogP contribution is -2.33. The van der Waals surface area contributed by atoms with Gasteiger partial charge < -0.3 is 10.1 Å². The number of anilines is 1. The Hall–Kier alpha value is -1.62. The molecule has 114 valence electrons. The van der Waals surface area contributed by atoms with E-state index in [1.54, 1.807) is 22.9 Å². The van der Waals surface area contributed by atoms with Gasteiger partial charge in [-0.25, -0.2) is 4.98 Å². The molecule has 0 fully saturated rings. The Morgan fingerprint density at radius 2 is 2.29 bits per heavy atom. The number of nitrogens with one attached hydrogen (secondary N) is 1. The zero-order valence-corrected chi connectivity index (χ0v) is 13.4. The average Bonchev–Trinajstić information content (AvgIpc) is 2.84. The number of carbonyl (C=O) groups is 1. The molecule has 1 amide bonds. The molecule has 0 atom stereocenters. The quantitative estimate of drug-likeness (QED) is 0.870. The van der Waals surface area contributed by atoms with Gasteiger partial charge in [-0.05, 0) is 32.9 Å². The molecule has 5 nitrogen and oxygen atoms in total. The van der Waals surface area contributed by atoms with Crippen molar-refractivity contribution in [1.29, 1.82) is 0 Å². The fraction of sp³-hybridized carbons (Fsp3) is 0.533. The minimum Gasteiger partial charge on any atom is -0.406 e. The summed E-state index contributed by atoms with van der Waals surface area (Å²) in [6.45, 7) is 6.84. The third-order valence-corrected chi connectivity index (χ3v) is 3.37. The first-order valence-electron chi connectivity index (χ1n) is 7.06. The summed E-state index contributed by atoms with van der Waals surface area (Å²) in [7, 11) is 0. The molecule has 1 N–H and O–H groups in total. The van der Waals surface area contributed by atoms with Gasteiger partial charge in [0.15, 0.2) is 12.3 Å². The van der Waals surface area contributed by atoms with Crippen LogP contribution in [0.3, 0.4) is 0 Å². The number of amides is 1. The van der Waals surface area contributed by atoms with Crippen molar-refractivity contribution in [2.24, 2.45) is 0 Å². The first-order valence-corrected chi connectivity index (χ1v) is 7.44. The van der Waals surface area contributed by atoms with Gasteiger partial charge in [-0.2, -0.15) is 4.79 Å². The maximum atomic E-state index is 12.2. The van der Waals surface area contributed by atoms with E-state index in [2.05, 4.69) is 10.3 Å². The van der Waals surface area contributed by atoms with E-state index in [4.69, 9.17) is 16.3 Å². The van der Waals surface area contributed by atoms with Crippen LogP contribution in [0.2, 0.25) is 5.02 Å². The second kappa shape index (κ2) is 6.43. The van der Waals surface area contributed by atoms with Crippen molar-refractivity contribution in [3.8, 4) is 0 Å². The van der Waals surface area contributed by atoms with Gasteiger partial charge >= 0.3 is 6.09 Å². The largest absolute Gasteiger partial charge is 0.596 e. The van der Waals surface area contributed by atoms with Crippen LogP contribution in [0, 0.1) is 0 Å². The minimum atomic E-state index is -0.484. The summed E-state index contributed by atoms with van der Waals surface area (Å²) in [5.74, 6) is 0.628. The molecule has 0 aromatic carbocycles. The number of carbonyl (C=O) groups excluding carboxylic acids is 1. The fourth-order valence-electron chi connectivity index (χ4n) is 2.16. The second-order valence-electron chi connectivity index (χ2n) is 5.99. The molecule has 0 aliphatic carbocycles. The number of aromatic nitrogens is 1. The summed E-state index contributed by atoms with van der Waals surface area (Å²) in [6.07, 6.45) is 3.21. The van der Waals surface area contributed by atoms with Crippen molar-refractivity contribution in [1.82, 2.24) is 4.98 Å². The Balaban J connectivity index is 2.05. The normalized spacial score (nSPS) is 15.2. The number of hydrogen-bond donors (Lipinski definition) is 1. The lowest BCUT2D eigenvalue weighted by molar-refractivity contribution is -0.442. The summed E-state index contributed by atoms with van der Waals surface area (Å²) in [4.78, 5) is 16.3. The molecule has 0 saturated heterocycles. The molecule has 1 aromatic rings. The van der Waals surface area contributed by atoms with Gasteiger partial charge in [0.05, 0.1) is 11.6 Å². The molecule has 0 saturated carbocycles. The van der Waals surface area contributed by atoms with Gasteiger partial charge in [0.25, 0.3) is 0 Å². The molecule has 0 unspecified atom stereocenters. The van der Waals surface area contributed by atoms with Crippen LogP contribution < -0.4 is 5.32 Å². The van der Waals surface area contributed by atoms with Gasteiger partial charge in [-0.15, -0.1) is 4.58 Å². The summed E-state index contributed by atoms with van der Waals surface area (Å²) >= 11 is 6.06. The van der Waals surface area contributed by atoms with Crippen LogP contribution in [0.15, 0.2) is 18.3 Å². The Labute approximate surface area is 130 Å². The third-order valence-electron chi connectivity index (χ3n) is 3.06. The summed E-state index contributed by atoms with van der Waals surface area (Å²) in [5, 5.41) is 3.74. The summed E-state index contributed by atoms with van der Waals surface area (Å²) in [5.41, 5.74) is 0.522. The molecule has 2 rings (SSSR count). The van der Waals surface area contributed by atoms with E-state index in [-0.39, 0.29) is 6.09 Å². The third kappa shape index (κ3) is 4.43. The van der Waals surface area contributed by atoms with Crippen molar-refractivity contribution in [2.45, 2.75) is 39.2 Å². The molecule has 0 radical (unpaired) electrons. The predicted molar refractivity (Wildman–Crippen MR) is 83.3 cm³/mol. The van der Waals surface area contributed by atoms with Crippen LogP contribution in [0.1, 0.15) is 33.6 Å². The Morgan fingerprint density at radius 1 is 1.52 bits per heavy atom. The molecule has 2 heterocycles. The molecule has 1 aliphatic rings. The van der Waals surface area contributed by atoms with Gasteiger partial charge in [0, 0.05) is 19.0 Å². The van der Waals surface area contributed by atoms with Crippen LogP contribution in [0.25, 0.3) is 0 Å². The highest BCUT2D eigenvalue weighted by Gasteiger charge is 2.33. The Bertz CT molecular complexity index is 564.